The predicted molar refractivity (Wildman–Crippen MR) is 105 cm³/mol. The third kappa shape index (κ3) is 5.46. The van der Waals surface area contributed by atoms with Crippen molar-refractivity contribution in [3.8, 4) is 0 Å². The second kappa shape index (κ2) is 9.54. The van der Waals surface area contributed by atoms with E-state index in [0.717, 1.165) is 25.6 Å². The van der Waals surface area contributed by atoms with Gasteiger partial charge in [0.15, 0.2) is 15.3 Å². The summed E-state index contributed by atoms with van der Waals surface area (Å²) in [4.78, 5) is 14.8. The van der Waals surface area contributed by atoms with Crippen LogP contribution in [0.5, 0.6) is 0 Å². The van der Waals surface area contributed by atoms with Crippen LogP contribution in [0.15, 0.2) is 0 Å². The van der Waals surface area contributed by atoms with Crippen LogP contribution in [-0.4, -0.2) is 108 Å². The fourth-order valence-electron chi connectivity index (χ4n) is 4.29. The number of hydrogen-bond acceptors (Lipinski definition) is 9. The number of carbonyl (C=O) groups excluding carboxylic acids is 1. The van der Waals surface area contributed by atoms with Gasteiger partial charge in [0, 0.05) is 12.8 Å². The molecule has 2 unspecified atom stereocenters. The predicted octanol–water partition coefficient (Wildman–Crippen LogP) is -2.18. The number of aliphatic hydroxyl groups is 4. The van der Waals surface area contributed by atoms with Crippen LogP contribution in [0.25, 0.3) is 0 Å². The summed E-state index contributed by atoms with van der Waals surface area (Å²) in [6, 6.07) is -1.60. The maximum absolute atomic E-state index is 12.9. The molecule has 2 saturated heterocycles. The van der Waals surface area contributed by atoms with Crippen molar-refractivity contribution >= 4 is 15.7 Å². The molecule has 0 aromatic carbocycles. The summed E-state index contributed by atoms with van der Waals surface area (Å²) in [6.45, 7) is 4.22. The van der Waals surface area contributed by atoms with Gasteiger partial charge in [-0.05, 0) is 32.7 Å². The quantitative estimate of drug-likeness (QED) is 0.298. The van der Waals surface area contributed by atoms with E-state index in [0.29, 0.717) is 12.3 Å². The average Bonchev–Trinajstić information content (AvgIpc) is 2.97. The molecule has 170 valence electrons. The molecule has 0 aromatic rings. The van der Waals surface area contributed by atoms with Crippen molar-refractivity contribution in [1.29, 1.82) is 0 Å². The highest BCUT2D eigenvalue weighted by Crippen LogP contribution is 2.29. The van der Waals surface area contributed by atoms with Gasteiger partial charge in [0.25, 0.3) is 0 Å². The summed E-state index contributed by atoms with van der Waals surface area (Å²) in [6.07, 6.45) is -4.49. The van der Waals surface area contributed by atoms with Crippen LogP contribution in [0.4, 0.5) is 0 Å². The largest absolute Gasteiger partial charge is 0.391 e. The normalized spacial score (nSPS) is 38.6. The van der Waals surface area contributed by atoms with E-state index < -0.39 is 57.9 Å². The summed E-state index contributed by atoms with van der Waals surface area (Å²) in [5, 5.41) is 43.3. The molecule has 0 spiro atoms. The number of nitrogens with zero attached hydrogens (tertiary/aromatic N) is 1. The van der Waals surface area contributed by atoms with Crippen LogP contribution in [-0.2, 0) is 19.4 Å². The zero-order valence-corrected chi connectivity index (χ0v) is 18.1. The van der Waals surface area contributed by atoms with E-state index >= 15 is 0 Å². The second-order valence-corrected chi connectivity index (χ2v) is 10.5. The number of hydrogen-bond donors (Lipinski definition) is 5. The van der Waals surface area contributed by atoms with Gasteiger partial charge >= 0.3 is 0 Å². The first-order valence-electron chi connectivity index (χ1n) is 9.95. The lowest BCUT2D eigenvalue weighted by molar-refractivity contribution is -0.212. The molecule has 0 aromatic heterocycles. The Morgan fingerprint density at radius 1 is 1.24 bits per heavy atom. The standard InChI is InChI=1S/C18H34N2O8S/c1-5-6-10-7-11(20(3)8-10)17(25)19-12(9(2)21)16-14(23)13(22)15(24)18(28-16)29(4,26)27/h9-16,18,21-24H,5-8H2,1-4H3,(H,19,25)/t9-,10?,11?,12-,13+,14-,15-,16-,18-/m1/s1. The van der Waals surface area contributed by atoms with Crippen molar-refractivity contribution < 1.29 is 38.4 Å². The molecule has 0 aliphatic carbocycles. The maximum atomic E-state index is 12.9. The van der Waals surface area contributed by atoms with E-state index in [-0.39, 0.29) is 5.91 Å². The van der Waals surface area contributed by atoms with Crippen molar-refractivity contribution in [1.82, 2.24) is 10.2 Å². The average molecular weight is 439 g/mol. The Labute approximate surface area is 171 Å². The van der Waals surface area contributed by atoms with Gasteiger partial charge in [-0.2, -0.15) is 0 Å². The molecule has 10 nitrogen and oxygen atoms in total. The lowest BCUT2D eigenvalue weighted by Crippen LogP contribution is -2.67. The van der Waals surface area contributed by atoms with E-state index in [1.807, 2.05) is 11.9 Å². The second-order valence-electron chi connectivity index (χ2n) is 8.39. The first-order valence-corrected chi connectivity index (χ1v) is 11.9. The molecule has 2 rings (SSSR count). The minimum absolute atomic E-state index is 0.371. The highest BCUT2D eigenvalue weighted by atomic mass is 32.2. The first-order chi connectivity index (χ1) is 13.4. The van der Waals surface area contributed by atoms with Gasteiger partial charge in [0.1, 0.15) is 24.4 Å². The Morgan fingerprint density at radius 3 is 2.38 bits per heavy atom. The number of likely N-dealkylation sites (N-methyl/N-ethyl adjacent to an activating group) is 1. The molecular formula is C18H34N2O8S. The van der Waals surface area contributed by atoms with Crippen molar-refractivity contribution in [3.63, 3.8) is 0 Å². The van der Waals surface area contributed by atoms with Gasteiger partial charge < -0.3 is 30.5 Å². The van der Waals surface area contributed by atoms with Gasteiger partial charge in [0.05, 0.1) is 18.2 Å². The maximum Gasteiger partial charge on any atom is 0.237 e. The van der Waals surface area contributed by atoms with Gasteiger partial charge in [-0.15, -0.1) is 0 Å². The van der Waals surface area contributed by atoms with Crippen LogP contribution in [0, 0.1) is 5.92 Å². The number of ether oxygens (including phenoxy) is 1. The summed E-state index contributed by atoms with van der Waals surface area (Å²) < 4.78 is 29.2. The number of carbonyl (C=O) groups is 1. The van der Waals surface area contributed by atoms with Crippen molar-refractivity contribution in [2.24, 2.45) is 5.92 Å². The van der Waals surface area contributed by atoms with E-state index in [4.69, 9.17) is 4.74 Å². The van der Waals surface area contributed by atoms with Gasteiger partial charge in [-0.25, -0.2) is 8.42 Å². The molecule has 5 N–H and O–H groups in total. The fraction of sp³-hybridized carbons (Fsp3) is 0.944. The molecule has 9 atom stereocenters. The molecule has 0 saturated carbocycles. The van der Waals surface area contributed by atoms with E-state index in [2.05, 4.69) is 12.2 Å². The third-order valence-corrected chi connectivity index (χ3v) is 7.08. The molecule has 0 radical (unpaired) electrons. The Kier molecular flexibility index (Phi) is 8.05. The van der Waals surface area contributed by atoms with E-state index in [1.165, 1.54) is 6.92 Å². The van der Waals surface area contributed by atoms with Crippen LogP contribution < -0.4 is 5.32 Å². The van der Waals surface area contributed by atoms with E-state index in [9.17, 15) is 33.6 Å². The summed E-state index contributed by atoms with van der Waals surface area (Å²) in [5.74, 6) is 0.0122. The molecule has 2 aliphatic heterocycles. The SMILES string of the molecule is CCCC1CC(C(=O)N[C@@H]([C@H]2O[C@H](S(C)(=O)=O)[C@H](O)[C@@H](O)[C@H]2O)[C@@H](C)O)N(C)C1. The molecule has 1 amide bonds. The molecular weight excluding hydrogens is 404 g/mol. The number of aliphatic hydroxyl groups excluding tert-OH is 4. The van der Waals surface area contributed by atoms with Crippen LogP contribution in [0.1, 0.15) is 33.1 Å². The lowest BCUT2D eigenvalue weighted by atomic mass is 9.92. The zero-order valence-electron chi connectivity index (χ0n) is 17.3. The number of nitrogens with one attached hydrogen (secondary N) is 1. The minimum Gasteiger partial charge on any atom is -0.391 e. The summed E-state index contributed by atoms with van der Waals surface area (Å²) >= 11 is 0. The lowest BCUT2D eigenvalue weighted by Gasteiger charge is -2.43. The highest BCUT2D eigenvalue weighted by molar-refractivity contribution is 7.91. The Bertz CT molecular complexity index is 673. The van der Waals surface area contributed by atoms with Crippen molar-refractivity contribution in [3.05, 3.63) is 0 Å². The van der Waals surface area contributed by atoms with Gasteiger partial charge in [-0.3, -0.25) is 9.69 Å². The number of likely N-dealkylation sites (tertiary alicyclic amines) is 1. The monoisotopic (exact) mass is 438 g/mol. The zero-order chi connectivity index (χ0) is 22.1. The molecule has 2 aliphatic rings. The Morgan fingerprint density at radius 2 is 1.86 bits per heavy atom. The fourth-order valence-corrected chi connectivity index (χ4v) is 5.29. The summed E-state index contributed by atoms with van der Waals surface area (Å²) in [7, 11) is -2.10. The van der Waals surface area contributed by atoms with Crippen LogP contribution in [0.2, 0.25) is 0 Å². The van der Waals surface area contributed by atoms with E-state index in [1.54, 1.807) is 0 Å². The van der Waals surface area contributed by atoms with Crippen molar-refractivity contribution in [2.45, 2.75) is 81.1 Å². The van der Waals surface area contributed by atoms with Crippen LogP contribution >= 0.6 is 0 Å². The topological polar surface area (TPSA) is 157 Å². The third-order valence-electron chi connectivity index (χ3n) is 5.85. The number of sulfone groups is 1. The molecule has 2 fully saturated rings. The molecule has 11 heteroatoms. The number of rotatable bonds is 7. The Balaban J connectivity index is 2.19. The summed E-state index contributed by atoms with van der Waals surface area (Å²) in [5.41, 5.74) is -1.79. The van der Waals surface area contributed by atoms with Gasteiger partial charge in [-0.1, -0.05) is 13.3 Å². The molecule has 0 bridgehead atoms. The highest BCUT2D eigenvalue weighted by Gasteiger charge is 2.51. The van der Waals surface area contributed by atoms with Gasteiger partial charge in [0.2, 0.25) is 5.91 Å². The minimum atomic E-state index is -3.94. The molecule has 29 heavy (non-hydrogen) atoms. The first kappa shape index (κ1) is 24.4. The van der Waals surface area contributed by atoms with Crippen molar-refractivity contribution in [2.75, 3.05) is 19.8 Å². The smallest absolute Gasteiger partial charge is 0.237 e. The molecule has 2 heterocycles. The Hall–Kier alpha value is -0.820. The number of amides is 1. The van der Waals surface area contributed by atoms with Crippen LogP contribution in [0.3, 0.4) is 0 Å².